The first kappa shape index (κ1) is 23.6. The van der Waals surface area contributed by atoms with Gasteiger partial charge < -0.3 is 0 Å². The third-order valence-electron chi connectivity index (χ3n) is 1.25. The molecule has 0 saturated heterocycles. The summed E-state index contributed by atoms with van der Waals surface area (Å²) in [5, 5.41) is 0. The summed E-state index contributed by atoms with van der Waals surface area (Å²) in [6, 6.07) is 10.5. The molecule has 0 spiro atoms. The molecule has 0 amide bonds. The van der Waals surface area contributed by atoms with Gasteiger partial charge in [0.1, 0.15) is 0 Å². The maximum atomic E-state index is 8.35. The molecule has 0 bridgehead atoms. The van der Waals surface area contributed by atoms with Crippen LogP contribution in [0.4, 0.5) is 0 Å². The van der Waals surface area contributed by atoms with Gasteiger partial charge in [-0.3, -0.25) is 0 Å². The number of hydrogen-bond donors (Lipinski definition) is 0. The molecule has 0 aliphatic rings. The van der Waals surface area contributed by atoms with Crippen molar-refractivity contribution in [3.05, 3.63) is 35.9 Å². The van der Waals surface area contributed by atoms with Gasteiger partial charge in [-0.2, -0.15) is 0 Å². The van der Waals surface area contributed by atoms with Crippen LogP contribution in [-0.4, -0.2) is 0 Å². The van der Waals surface area contributed by atoms with Gasteiger partial charge in [0.2, 0.25) is 0 Å². The fraction of sp³-hybridized carbons (Fsp3) is 0.333. The van der Waals surface area contributed by atoms with Crippen molar-refractivity contribution in [3.8, 4) is 0 Å². The Morgan fingerprint density at radius 1 is 1.07 bits per heavy atom. The van der Waals surface area contributed by atoms with E-state index in [2.05, 4.69) is 31.2 Å². The summed E-state index contributed by atoms with van der Waals surface area (Å²) in [5.74, 6) is 0. The molecule has 1 aromatic carbocycles. The summed E-state index contributed by atoms with van der Waals surface area (Å²) >= 11 is 0. The first-order chi connectivity index (χ1) is 5.35. The number of halogens is 2. The van der Waals surface area contributed by atoms with Crippen LogP contribution in [0.1, 0.15) is 19.9 Å². The van der Waals surface area contributed by atoms with Gasteiger partial charge in [0.15, 0.2) is 0 Å². The molecule has 0 saturated carbocycles. The van der Waals surface area contributed by atoms with Crippen LogP contribution in [0.25, 0.3) is 0 Å². The molecule has 5 heteroatoms. The Morgan fingerprint density at radius 3 is 1.64 bits per heavy atom. The standard InChI is InChI=1S/C8H10.CH4.2ClH.O2P/c1-2-8-6-4-3-5-7-8;;;;1-3-2/h3-7H,2H2,1H3;1H4;2*1H;/q;;;;+1. The summed E-state index contributed by atoms with van der Waals surface area (Å²) < 4.78 is 16.7. The minimum atomic E-state index is -1.08. The second kappa shape index (κ2) is 18.6. The Hall–Kier alpha value is -0.170. The average Bonchev–Trinajstić information content (AvgIpc) is 2.08. The van der Waals surface area contributed by atoms with E-state index in [1.165, 1.54) is 5.56 Å². The van der Waals surface area contributed by atoms with Gasteiger partial charge in [0.05, 0.1) is 0 Å². The SMILES string of the molecule is C.CCc1ccccc1.Cl.Cl.O=[P+]=O. The van der Waals surface area contributed by atoms with Gasteiger partial charge in [-0.1, -0.05) is 44.7 Å². The van der Waals surface area contributed by atoms with Crippen molar-refractivity contribution in [2.75, 3.05) is 0 Å². The number of rotatable bonds is 1. The molecule has 0 aliphatic carbocycles. The van der Waals surface area contributed by atoms with Crippen LogP contribution in [-0.2, 0) is 15.6 Å². The minimum absolute atomic E-state index is 0. The van der Waals surface area contributed by atoms with Crippen molar-refractivity contribution >= 4 is 33.2 Å². The van der Waals surface area contributed by atoms with Crippen molar-refractivity contribution in [2.24, 2.45) is 0 Å². The Balaban J connectivity index is -0.0000000758. The van der Waals surface area contributed by atoms with E-state index in [9.17, 15) is 0 Å². The average molecular weight is 258 g/mol. The molecule has 0 atom stereocenters. The van der Waals surface area contributed by atoms with Crippen LogP contribution >= 0.6 is 33.2 Å². The molecular weight excluding hydrogens is 242 g/mol. The number of aryl methyl sites for hydroxylation is 1. The van der Waals surface area contributed by atoms with Gasteiger partial charge in [-0.15, -0.1) is 24.8 Å². The van der Waals surface area contributed by atoms with Crippen LogP contribution in [0.15, 0.2) is 30.3 Å². The van der Waals surface area contributed by atoms with Crippen molar-refractivity contribution in [2.45, 2.75) is 20.8 Å². The molecule has 2 nitrogen and oxygen atoms in total. The third-order valence-corrected chi connectivity index (χ3v) is 1.25. The van der Waals surface area contributed by atoms with Crippen molar-refractivity contribution in [1.29, 1.82) is 0 Å². The molecule has 0 radical (unpaired) electrons. The summed E-state index contributed by atoms with van der Waals surface area (Å²) in [4.78, 5) is 0. The second-order valence-electron chi connectivity index (χ2n) is 1.91. The Kier molecular flexibility index (Phi) is 31.3. The van der Waals surface area contributed by atoms with E-state index in [1.807, 2.05) is 6.07 Å². The molecule has 82 valence electrons. The van der Waals surface area contributed by atoms with Crippen LogP contribution in [0.5, 0.6) is 0 Å². The van der Waals surface area contributed by atoms with Crippen molar-refractivity contribution in [3.63, 3.8) is 0 Å². The van der Waals surface area contributed by atoms with E-state index in [4.69, 9.17) is 9.13 Å². The molecule has 0 aliphatic heterocycles. The molecule has 0 fully saturated rings. The van der Waals surface area contributed by atoms with Crippen molar-refractivity contribution in [1.82, 2.24) is 0 Å². The zero-order chi connectivity index (χ0) is 8.53. The van der Waals surface area contributed by atoms with E-state index in [1.54, 1.807) is 0 Å². The van der Waals surface area contributed by atoms with E-state index < -0.39 is 8.34 Å². The van der Waals surface area contributed by atoms with Crippen LogP contribution < -0.4 is 0 Å². The fourth-order valence-corrected chi connectivity index (χ4v) is 0.714. The Morgan fingerprint density at radius 2 is 1.43 bits per heavy atom. The number of hydrogen-bond acceptors (Lipinski definition) is 2. The van der Waals surface area contributed by atoms with Gasteiger partial charge in [-0.25, -0.2) is 0 Å². The van der Waals surface area contributed by atoms with E-state index in [0.29, 0.717) is 0 Å². The zero-order valence-corrected chi connectivity index (χ0v) is 9.70. The molecule has 0 N–H and O–H groups in total. The van der Waals surface area contributed by atoms with E-state index in [-0.39, 0.29) is 32.2 Å². The van der Waals surface area contributed by atoms with Crippen LogP contribution in [0.2, 0.25) is 0 Å². The first-order valence-electron chi connectivity index (χ1n) is 3.34. The topological polar surface area (TPSA) is 34.1 Å². The van der Waals surface area contributed by atoms with Gasteiger partial charge in [-0.05, 0) is 12.0 Å². The van der Waals surface area contributed by atoms with Crippen LogP contribution in [0.3, 0.4) is 0 Å². The van der Waals surface area contributed by atoms with E-state index in [0.717, 1.165) is 6.42 Å². The van der Waals surface area contributed by atoms with Gasteiger partial charge in [0, 0.05) is 0 Å². The molecule has 1 aromatic rings. The molecule has 0 aromatic heterocycles. The second-order valence-corrected chi connectivity index (χ2v) is 2.06. The normalized spacial score (nSPS) is 5.79. The summed E-state index contributed by atoms with van der Waals surface area (Å²) in [7, 11) is -1.08. The summed E-state index contributed by atoms with van der Waals surface area (Å²) in [5.41, 5.74) is 1.41. The fourth-order valence-electron chi connectivity index (χ4n) is 0.714. The quantitative estimate of drug-likeness (QED) is 0.701. The summed E-state index contributed by atoms with van der Waals surface area (Å²) in [6.07, 6.45) is 1.14. The predicted octanol–water partition coefficient (Wildman–Crippen LogP) is 4.35. The Labute approximate surface area is 99.2 Å². The maximum absolute atomic E-state index is 8.35. The predicted molar refractivity (Wildman–Crippen MR) is 65.3 cm³/mol. The summed E-state index contributed by atoms with van der Waals surface area (Å²) in [6.45, 7) is 2.16. The van der Waals surface area contributed by atoms with E-state index >= 15 is 0 Å². The van der Waals surface area contributed by atoms with Gasteiger partial charge >= 0.3 is 17.5 Å². The zero-order valence-electron chi connectivity index (χ0n) is 7.17. The molecule has 1 rings (SSSR count). The monoisotopic (exact) mass is 257 g/mol. The molecule has 0 heterocycles. The van der Waals surface area contributed by atoms with Crippen molar-refractivity contribution < 1.29 is 9.13 Å². The van der Waals surface area contributed by atoms with Gasteiger partial charge in [0.25, 0.3) is 0 Å². The first-order valence-corrected chi connectivity index (χ1v) is 4.07. The molecular formula is C9H16Cl2O2P+. The van der Waals surface area contributed by atoms with Crippen LogP contribution in [0, 0.1) is 0 Å². The molecule has 0 unspecified atom stereocenters. The molecule has 14 heavy (non-hydrogen) atoms. The third kappa shape index (κ3) is 14.4. The Bertz CT molecular complexity index is 224. The number of benzene rings is 1.